The molecule has 1 aliphatic carbocycles. The van der Waals surface area contributed by atoms with Crippen LogP contribution in [0.5, 0.6) is 0 Å². The molecule has 1 saturated heterocycles. The maximum absolute atomic E-state index is 10.6. The molecule has 2 fully saturated rings. The molecule has 11 heavy (non-hydrogen) atoms. The average Bonchev–Trinajstić information content (AvgIpc) is 2.32. The molecular formula is C9H15NO. The Morgan fingerprint density at radius 1 is 1.18 bits per heavy atom. The minimum atomic E-state index is 0.264. The number of aldehydes is 1. The standard InChI is InChI=1S/C9H15NO/c11-7-9-5-2-6-10(9)8-3-1-4-8/h7-9H,1-6H2. The largest absolute Gasteiger partial charge is 0.302 e. The molecule has 1 saturated carbocycles. The fourth-order valence-electron chi connectivity index (χ4n) is 2.13. The van der Waals surface area contributed by atoms with Crippen LogP contribution in [0.15, 0.2) is 0 Å². The number of nitrogens with zero attached hydrogens (tertiary/aromatic N) is 1. The van der Waals surface area contributed by atoms with Crippen molar-refractivity contribution in [1.82, 2.24) is 4.90 Å². The summed E-state index contributed by atoms with van der Waals surface area (Å²) >= 11 is 0. The molecule has 2 nitrogen and oxygen atoms in total. The summed E-state index contributed by atoms with van der Waals surface area (Å²) in [5.41, 5.74) is 0. The molecule has 1 unspecified atom stereocenters. The summed E-state index contributed by atoms with van der Waals surface area (Å²) < 4.78 is 0. The van der Waals surface area contributed by atoms with Crippen molar-refractivity contribution in [3.05, 3.63) is 0 Å². The molecule has 62 valence electrons. The Balaban J connectivity index is 1.94. The van der Waals surface area contributed by atoms with Gasteiger partial charge in [-0.2, -0.15) is 0 Å². The molecule has 0 aromatic carbocycles. The molecule has 1 atom stereocenters. The summed E-state index contributed by atoms with van der Waals surface area (Å²) in [5.74, 6) is 0. The van der Waals surface area contributed by atoms with Gasteiger partial charge in [-0.05, 0) is 32.2 Å². The van der Waals surface area contributed by atoms with Crippen LogP contribution in [0.4, 0.5) is 0 Å². The van der Waals surface area contributed by atoms with Gasteiger partial charge in [0.25, 0.3) is 0 Å². The number of likely N-dealkylation sites (tertiary alicyclic amines) is 1. The second-order valence-electron chi connectivity index (χ2n) is 3.67. The van der Waals surface area contributed by atoms with Crippen LogP contribution in [-0.2, 0) is 4.79 Å². The molecule has 1 aliphatic heterocycles. The Morgan fingerprint density at radius 3 is 2.55 bits per heavy atom. The van der Waals surface area contributed by atoms with E-state index in [2.05, 4.69) is 4.90 Å². The SMILES string of the molecule is O=CC1CCCN1C1CCC1. The molecule has 0 aromatic rings. The van der Waals surface area contributed by atoms with E-state index in [1.54, 1.807) is 0 Å². The van der Waals surface area contributed by atoms with Crippen molar-refractivity contribution in [2.45, 2.75) is 44.2 Å². The molecule has 0 radical (unpaired) electrons. The van der Waals surface area contributed by atoms with Crippen LogP contribution >= 0.6 is 0 Å². The molecule has 0 amide bonds. The molecule has 0 N–H and O–H groups in total. The Morgan fingerprint density at radius 2 is 2.00 bits per heavy atom. The summed E-state index contributed by atoms with van der Waals surface area (Å²) in [6, 6.07) is 1.02. The quantitative estimate of drug-likeness (QED) is 0.556. The van der Waals surface area contributed by atoms with E-state index >= 15 is 0 Å². The van der Waals surface area contributed by atoms with E-state index in [0.717, 1.165) is 25.3 Å². The van der Waals surface area contributed by atoms with E-state index in [1.165, 1.54) is 25.7 Å². The minimum Gasteiger partial charge on any atom is -0.302 e. The highest BCUT2D eigenvalue weighted by Crippen LogP contribution is 2.30. The summed E-state index contributed by atoms with van der Waals surface area (Å²) in [5, 5.41) is 0. The van der Waals surface area contributed by atoms with Gasteiger partial charge in [0.05, 0.1) is 6.04 Å². The Kier molecular flexibility index (Phi) is 1.95. The summed E-state index contributed by atoms with van der Waals surface area (Å²) in [7, 11) is 0. The first-order chi connectivity index (χ1) is 5.42. The number of carbonyl (C=O) groups is 1. The van der Waals surface area contributed by atoms with Crippen LogP contribution in [0.1, 0.15) is 32.1 Å². The van der Waals surface area contributed by atoms with Crippen LogP contribution in [-0.4, -0.2) is 29.8 Å². The topological polar surface area (TPSA) is 20.3 Å². The first-order valence-corrected chi connectivity index (χ1v) is 4.63. The highest BCUT2D eigenvalue weighted by molar-refractivity contribution is 5.58. The fraction of sp³-hybridized carbons (Fsp3) is 0.889. The summed E-state index contributed by atoms with van der Waals surface area (Å²) in [4.78, 5) is 13.0. The van der Waals surface area contributed by atoms with Gasteiger partial charge in [0.15, 0.2) is 0 Å². The van der Waals surface area contributed by atoms with Gasteiger partial charge >= 0.3 is 0 Å². The van der Waals surface area contributed by atoms with Crippen LogP contribution in [0, 0.1) is 0 Å². The van der Waals surface area contributed by atoms with E-state index in [1.807, 2.05) is 0 Å². The lowest BCUT2D eigenvalue weighted by Crippen LogP contribution is -2.43. The van der Waals surface area contributed by atoms with E-state index < -0.39 is 0 Å². The predicted molar refractivity (Wildman–Crippen MR) is 43.4 cm³/mol. The Labute approximate surface area is 67.6 Å². The zero-order valence-electron chi connectivity index (χ0n) is 6.83. The van der Waals surface area contributed by atoms with Gasteiger partial charge in [0.1, 0.15) is 6.29 Å². The van der Waals surface area contributed by atoms with Crippen LogP contribution in [0.2, 0.25) is 0 Å². The third kappa shape index (κ3) is 1.20. The molecule has 2 heteroatoms. The highest BCUT2D eigenvalue weighted by Gasteiger charge is 2.33. The van der Waals surface area contributed by atoms with Gasteiger partial charge in [-0.15, -0.1) is 0 Å². The number of rotatable bonds is 2. The monoisotopic (exact) mass is 153 g/mol. The Bertz CT molecular complexity index is 154. The smallest absolute Gasteiger partial charge is 0.137 e. The number of hydrogen-bond donors (Lipinski definition) is 0. The minimum absolute atomic E-state index is 0.264. The lowest BCUT2D eigenvalue weighted by molar-refractivity contribution is -0.112. The molecule has 0 spiro atoms. The van der Waals surface area contributed by atoms with Crippen molar-refractivity contribution in [2.75, 3.05) is 6.54 Å². The first kappa shape index (κ1) is 7.29. The Hall–Kier alpha value is -0.370. The normalized spacial score (nSPS) is 33.6. The van der Waals surface area contributed by atoms with Crippen molar-refractivity contribution in [2.24, 2.45) is 0 Å². The number of carbonyl (C=O) groups excluding carboxylic acids is 1. The van der Waals surface area contributed by atoms with Gasteiger partial charge < -0.3 is 4.79 Å². The van der Waals surface area contributed by atoms with Crippen molar-refractivity contribution in [3.8, 4) is 0 Å². The van der Waals surface area contributed by atoms with E-state index in [4.69, 9.17) is 0 Å². The zero-order chi connectivity index (χ0) is 7.68. The van der Waals surface area contributed by atoms with Crippen molar-refractivity contribution in [1.29, 1.82) is 0 Å². The molecule has 1 heterocycles. The summed E-state index contributed by atoms with van der Waals surface area (Å²) in [6.07, 6.45) is 7.46. The van der Waals surface area contributed by atoms with Crippen LogP contribution in [0.3, 0.4) is 0 Å². The summed E-state index contributed by atoms with van der Waals surface area (Å²) in [6.45, 7) is 1.16. The van der Waals surface area contributed by atoms with Crippen LogP contribution < -0.4 is 0 Å². The van der Waals surface area contributed by atoms with Crippen LogP contribution in [0.25, 0.3) is 0 Å². The second-order valence-corrected chi connectivity index (χ2v) is 3.67. The van der Waals surface area contributed by atoms with Gasteiger partial charge in [-0.25, -0.2) is 0 Å². The molecule has 0 bridgehead atoms. The lowest BCUT2D eigenvalue weighted by Gasteiger charge is -2.36. The fourth-order valence-corrected chi connectivity index (χ4v) is 2.13. The third-order valence-electron chi connectivity index (χ3n) is 3.04. The van der Waals surface area contributed by atoms with E-state index in [-0.39, 0.29) is 6.04 Å². The second kappa shape index (κ2) is 2.94. The van der Waals surface area contributed by atoms with Gasteiger partial charge in [0.2, 0.25) is 0 Å². The van der Waals surface area contributed by atoms with Crippen molar-refractivity contribution in [3.63, 3.8) is 0 Å². The van der Waals surface area contributed by atoms with Gasteiger partial charge in [0, 0.05) is 6.04 Å². The van der Waals surface area contributed by atoms with E-state index in [9.17, 15) is 4.79 Å². The average molecular weight is 153 g/mol. The van der Waals surface area contributed by atoms with Crippen molar-refractivity contribution < 1.29 is 4.79 Å². The zero-order valence-corrected chi connectivity index (χ0v) is 6.83. The maximum atomic E-state index is 10.6. The molecule has 2 rings (SSSR count). The van der Waals surface area contributed by atoms with E-state index in [0.29, 0.717) is 0 Å². The highest BCUT2D eigenvalue weighted by atomic mass is 16.1. The molecule has 0 aromatic heterocycles. The third-order valence-corrected chi connectivity index (χ3v) is 3.04. The number of hydrogen-bond acceptors (Lipinski definition) is 2. The van der Waals surface area contributed by atoms with Gasteiger partial charge in [-0.3, -0.25) is 4.90 Å². The van der Waals surface area contributed by atoms with Gasteiger partial charge in [-0.1, -0.05) is 6.42 Å². The molecular weight excluding hydrogens is 138 g/mol. The van der Waals surface area contributed by atoms with Crippen molar-refractivity contribution >= 4 is 6.29 Å². The predicted octanol–water partition coefficient (Wildman–Crippen LogP) is 1.20. The first-order valence-electron chi connectivity index (χ1n) is 4.63. The lowest BCUT2D eigenvalue weighted by atomic mass is 9.91. The molecule has 2 aliphatic rings. The maximum Gasteiger partial charge on any atom is 0.137 e.